The average molecular weight is 333 g/mol. The molecular formula is C16H19N3OS2. The summed E-state index contributed by atoms with van der Waals surface area (Å²) in [5.41, 5.74) is 1.18. The Morgan fingerprint density at radius 1 is 1.41 bits per heavy atom. The van der Waals surface area contributed by atoms with Crippen LogP contribution in [0.15, 0.2) is 6.07 Å². The van der Waals surface area contributed by atoms with Crippen LogP contribution >= 0.6 is 22.7 Å². The van der Waals surface area contributed by atoms with Gasteiger partial charge in [-0.05, 0) is 19.4 Å². The molecule has 0 aliphatic heterocycles. The number of thiophene rings is 1. The third-order valence-electron chi connectivity index (χ3n) is 3.12. The van der Waals surface area contributed by atoms with E-state index < -0.39 is 0 Å². The second kappa shape index (κ2) is 6.19. The van der Waals surface area contributed by atoms with Crippen LogP contribution in [0, 0.1) is 18.3 Å². The summed E-state index contributed by atoms with van der Waals surface area (Å²) in [5.74, 6) is -0.188. The quantitative estimate of drug-likeness (QED) is 0.899. The Morgan fingerprint density at radius 3 is 2.59 bits per heavy atom. The van der Waals surface area contributed by atoms with Gasteiger partial charge in [-0.15, -0.1) is 22.7 Å². The smallest absolute Gasteiger partial charge is 0.268 e. The predicted molar refractivity (Wildman–Crippen MR) is 91.9 cm³/mol. The number of anilines is 1. The number of aryl methyl sites for hydroxylation is 2. The highest BCUT2D eigenvalue weighted by atomic mass is 32.1. The highest BCUT2D eigenvalue weighted by molar-refractivity contribution is 7.17. The molecule has 2 rings (SSSR count). The number of rotatable bonds is 3. The van der Waals surface area contributed by atoms with Gasteiger partial charge in [-0.2, -0.15) is 5.26 Å². The van der Waals surface area contributed by atoms with Crippen molar-refractivity contribution in [1.29, 1.82) is 5.26 Å². The molecule has 0 saturated carbocycles. The lowest BCUT2D eigenvalue weighted by molar-refractivity contribution is 0.103. The van der Waals surface area contributed by atoms with E-state index in [-0.39, 0.29) is 11.3 Å². The van der Waals surface area contributed by atoms with Gasteiger partial charge in [-0.25, -0.2) is 4.98 Å². The van der Waals surface area contributed by atoms with Gasteiger partial charge in [0.15, 0.2) is 0 Å². The summed E-state index contributed by atoms with van der Waals surface area (Å²) in [4.78, 5) is 18.7. The molecule has 0 saturated heterocycles. The van der Waals surface area contributed by atoms with Crippen molar-refractivity contribution in [3.8, 4) is 6.07 Å². The van der Waals surface area contributed by atoms with Crippen LogP contribution in [0.25, 0.3) is 0 Å². The summed E-state index contributed by atoms with van der Waals surface area (Å²) in [6.45, 7) is 10.1. The topological polar surface area (TPSA) is 65.8 Å². The largest absolute Gasteiger partial charge is 0.312 e. The number of hydrogen-bond acceptors (Lipinski definition) is 5. The molecule has 0 aromatic carbocycles. The molecule has 0 spiro atoms. The minimum Gasteiger partial charge on any atom is -0.312 e. The lowest BCUT2D eigenvalue weighted by atomic mass is 9.98. The Hall–Kier alpha value is -1.71. The van der Waals surface area contributed by atoms with Crippen LogP contribution in [0.3, 0.4) is 0 Å². The number of aromatic nitrogens is 1. The Balaban J connectivity index is 2.29. The van der Waals surface area contributed by atoms with Gasteiger partial charge in [0.25, 0.3) is 5.91 Å². The van der Waals surface area contributed by atoms with Crippen LogP contribution in [0.2, 0.25) is 0 Å². The van der Waals surface area contributed by atoms with Crippen LogP contribution in [0.5, 0.6) is 0 Å². The van der Waals surface area contributed by atoms with E-state index in [4.69, 9.17) is 0 Å². The van der Waals surface area contributed by atoms with Gasteiger partial charge in [0, 0.05) is 10.3 Å². The minimum absolute atomic E-state index is 0.0793. The van der Waals surface area contributed by atoms with Crippen molar-refractivity contribution in [2.45, 2.75) is 46.5 Å². The lowest BCUT2D eigenvalue weighted by Gasteiger charge is -2.13. The van der Waals surface area contributed by atoms with Crippen molar-refractivity contribution in [2.75, 3.05) is 5.32 Å². The maximum absolute atomic E-state index is 12.5. The number of hydrogen-bond donors (Lipinski definition) is 1. The fraction of sp³-hybridized carbons (Fsp3) is 0.438. The zero-order valence-corrected chi connectivity index (χ0v) is 15.0. The van der Waals surface area contributed by atoms with Crippen molar-refractivity contribution in [3.05, 3.63) is 32.1 Å². The normalized spacial score (nSPS) is 11.3. The molecule has 1 N–H and O–H groups in total. The molecule has 0 fully saturated rings. The number of thiazole rings is 1. The molecule has 116 valence electrons. The summed E-state index contributed by atoms with van der Waals surface area (Å²) in [7, 11) is 0. The van der Waals surface area contributed by atoms with Crippen molar-refractivity contribution >= 4 is 33.6 Å². The average Bonchev–Trinajstić information content (AvgIpc) is 3.01. The highest BCUT2D eigenvalue weighted by Gasteiger charge is 2.23. The van der Waals surface area contributed by atoms with Gasteiger partial charge in [0.1, 0.15) is 15.9 Å². The Labute approximate surface area is 138 Å². The van der Waals surface area contributed by atoms with Crippen LogP contribution in [-0.2, 0) is 11.8 Å². The molecule has 0 bridgehead atoms. The molecule has 0 aliphatic rings. The van der Waals surface area contributed by atoms with E-state index in [0.29, 0.717) is 15.4 Å². The standard InChI is InChI=1S/C16H19N3OS2/c1-6-11-7-10(8-17)14(21-11)19-13(20)12-9(2)18-15(22-12)16(3,4)5/h7H,6H2,1-5H3,(H,19,20). The lowest BCUT2D eigenvalue weighted by Crippen LogP contribution is -2.11. The van der Waals surface area contributed by atoms with Crippen LogP contribution < -0.4 is 5.32 Å². The van der Waals surface area contributed by atoms with E-state index in [1.54, 1.807) is 0 Å². The molecule has 1 amide bonds. The Morgan fingerprint density at radius 2 is 2.09 bits per heavy atom. The Bertz CT molecular complexity index is 745. The molecule has 0 aliphatic carbocycles. The summed E-state index contributed by atoms with van der Waals surface area (Å²) < 4.78 is 0. The van der Waals surface area contributed by atoms with Crippen molar-refractivity contribution in [3.63, 3.8) is 0 Å². The third-order valence-corrected chi connectivity index (χ3v) is 5.90. The molecule has 0 unspecified atom stereocenters. The van der Waals surface area contributed by atoms with E-state index in [0.717, 1.165) is 22.0 Å². The van der Waals surface area contributed by atoms with Crippen molar-refractivity contribution in [1.82, 2.24) is 4.98 Å². The summed E-state index contributed by atoms with van der Waals surface area (Å²) >= 11 is 2.87. The number of carbonyl (C=O) groups is 1. The maximum atomic E-state index is 12.5. The first kappa shape index (κ1) is 16.7. The molecule has 2 aromatic rings. The number of nitrogens with one attached hydrogen (secondary N) is 1. The van der Waals surface area contributed by atoms with Crippen molar-refractivity contribution in [2.24, 2.45) is 0 Å². The second-order valence-electron chi connectivity index (χ2n) is 6.06. The SMILES string of the molecule is CCc1cc(C#N)c(NC(=O)c2sc(C(C)(C)C)nc2C)s1. The summed E-state index contributed by atoms with van der Waals surface area (Å²) in [6, 6.07) is 3.97. The number of carbonyl (C=O) groups excluding carboxylic acids is 1. The zero-order chi connectivity index (χ0) is 16.5. The van der Waals surface area contributed by atoms with Crippen molar-refractivity contribution < 1.29 is 4.79 Å². The van der Waals surface area contributed by atoms with E-state index in [9.17, 15) is 10.1 Å². The second-order valence-corrected chi connectivity index (χ2v) is 8.19. The van der Waals surface area contributed by atoms with E-state index in [2.05, 4.69) is 37.1 Å². The third kappa shape index (κ3) is 3.37. The number of nitriles is 1. The first-order valence-corrected chi connectivity index (χ1v) is 8.71. The van der Waals surface area contributed by atoms with Crippen LogP contribution in [0.4, 0.5) is 5.00 Å². The number of amides is 1. The molecule has 22 heavy (non-hydrogen) atoms. The van der Waals surface area contributed by atoms with Crippen LogP contribution in [-0.4, -0.2) is 10.9 Å². The van der Waals surface area contributed by atoms with E-state index >= 15 is 0 Å². The fourth-order valence-corrected chi connectivity index (χ4v) is 3.84. The van der Waals surface area contributed by atoms with Gasteiger partial charge >= 0.3 is 0 Å². The molecule has 2 heterocycles. The minimum atomic E-state index is -0.188. The molecule has 2 aromatic heterocycles. The molecular weight excluding hydrogens is 314 g/mol. The van der Waals surface area contributed by atoms with Gasteiger partial charge in [-0.3, -0.25) is 4.79 Å². The number of nitrogens with zero attached hydrogens (tertiary/aromatic N) is 2. The molecule has 4 nitrogen and oxygen atoms in total. The monoisotopic (exact) mass is 333 g/mol. The fourth-order valence-electron chi connectivity index (χ4n) is 1.88. The van der Waals surface area contributed by atoms with Crippen LogP contribution in [0.1, 0.15) is 58.5 Å². The predicted octanol–water partition coefficient (Wildman–Crippen LogP) is 4.50. The van der Waals surface area contributed by atoms with E-state index in [1.807, 2.05) is 19.9 Å². The zero-order valence-electron chi connectivity index (χ0n) is 13.4. The maximum Gasteiger partial charge on any atom is 0.268 e. The van der Waals surface area contributed by atoms with Gasteiger partial charge in [0.2, 0.25) is 0 Å². The molecule has 0 radical (unpaired) electrons. The summed E-state index contributed by atoms with van der Waals surface area (Å²) in [5, 5.41) is 13.6. The first-order chi connectivity index (χ1) is 10.3. The van der Waals surface area contributed by atoms with Gasteiger partial charge in [-0.1, -0.05) is 27.7 Å². The molecule has 6 heteroatoms. The van der Waals surface area contributed by atoms with Gasteiger partial charge in [0.05, 0.1) is 16.3 Å². The van der Waals surface area contributed by atoms with Gasteiger partial charge < -0.3 is 5.32 Å². The Kier molecular flexibility index (Phi) is 4.69. The highest BCUT2D eigenvalue weighted by Crippen LogP contribution is 2.32. The molecule has 0 atom stereocenters. The first-order valence-electron chi connectivity index (χ1n) is 7.08. The summed E-state index contributed by atoms with van der Waals surface area (Å²) in [6.07, 6.45) is 0.850. The van der Waals surface area contributed by atoms with E-state index in [1.165, 1.54) is 22.7 Å².